The zero-order valence-corrected chi connectivity index (χ0v) is 17.8. The number of nitrogens with zero attached hydrogens (tertiary/aromatic N) is 3. The van der Waals surface area contributed by atoms with Crippen molar-refractivity contribution in [3.63, 3.8) is 0 Å². The van der Waals surface area contributed by atoms with Gasteiger partial charge in [-0.25, -0.2) is 4.98 Å². The van der Waals surface area contributed by atoms with Crippen molar-refractivity contribution in [3.8, 4) is 11.1 Å². The minimum Gasteiger partial charge on any atom is -0.356 e. The summed E-state index contributed by atoms with van der Waals surface area (Å²) >= 11 is 8.07. The molecular weight excluding hydrogens is 374 g/mol. The Labute approximate surface area is 170 Å². The summed E-state index contributed by atoms with van der Waals surface area (Å²) in [6.07, 6.45) is 4.71. The Morgan fingerprint density at radius 3 is 2.41 bits per heavy atom. The maximum absolute atomic E-state index is 6.31. The van der Waals surface area contributed by atoms with E-state index in [1.54, 1.807) is 11.3 Å². The van der Waals surface area contributed by atoms with Gasteiger partial charge in [0.05, 0.1) is 5.39 Å². The molecule has 3 nitrogen and oxygen atoms in total. The molecule has 0 bridgehead atoms. The number of hydrogen-bond acceptors (Lipinski definition) is 4. The van der Waals surface area contributed by atoms with Gasteiger partial charge in [-0.1, -0.05) is 45.0 Å². The van der Waals surface area contributed by atoms with E-state index in [1.165, 1.54) is 46.2 Å². The SMILES string of the molecule is CCc1sc2nc(Cl)nc(N3CCCCC3)c2c1-c1ccc(C(C)C)cc1. The molecule has 0 atom stereocenters. The van der Waals surface area contributed by atoms with Crippen molar-refractivity contribution in [3.05, 3.63) is 40.0 Å². The molecule has 0 saturated carbocycles. The van der Waals surface area contributed by atoms with E-state index in [0.717, 1.165) is 30.2 Å². The number of benzene rings is 1. The number of rotatable bonds is 4. The van der Waals surface area contributed by atoms with Crippen LogP contribution >= 0.6 is 22.9 Å². The fourth-order valence-corrected chi connectivity index (χ4v) is 5.27. The molecule has 5 heteroatoms. The van der Waals surface area contributed by atoms with E-state index in [4.69, 9.17) is 16.6 Å². The van der Waals surface area contributed by atoms with Gasteiger partial charge in [0.2, 0.25) is 5.28 Å². The van der Waals surface area contributed by atoms with E-state index in [1.807, 2.05) is 0 Å². The minimum absolute atomic E-state index is 0.355. The molecule has 1 fully saturated rings. The highest BCUT2D eigenvalue weighted by molar-refractivity contribution is 7.19. The molecule has 1 aromatic carbocycles. The molecule has 0 amide bonds. The Balaban J connectivity index is 1.92. The monoisotopic (exact) mass is 399 g/mol. The normalized spacial score (nSPS) is 15.1. The number of aromatic nitrogens is 2. The third-order valence-corrected chi connectivity index (χ3v) is 6.82. The third-order valence-electron chi connectivity index (χ3n) is 5.42. The van der Waals surface area contributed by atoms with Gasteiger partial charge in [-0.2, -0.15) is 4.98 Å². The lowest BCUT2D eigenvalue weighted by Crippen LogP contribution is -2.30. The van der Waals surface area contributed by atoms with Crippen molar-refractivity contribution in [1.82, 2.24) is 9.97 Å². The maximum atomic E-state index is 6.31. The van der Waals surface area contributed by atoms with E-state index >= 15 is 0 Å². The summed E-state index contributed by atoms with van der Waals surface area (Å²) in [5, 5.41) is 1.54. The maximum Gasteiger partial charge on any atom is 0.225 e. The van der Waals surface area contributed by atoms with Crippen LogP contribution in [0.3, 0.4) is 0 Å². The smallest absolute Gasteiger partial charge is 0.225 e. The highest BCUT2D eigenvalue weighted by Crippen LogP contribution is 2.43. The fourth-order valence-electron chi connectivity index (χ4n) is 3.93. The fraction of sp³-hybridized carbons (Fsp3) is 0.455. The van der Waals surface area contributed by atoms with E-state index in [9.17, 15) is 0 Å². The Morgan fingerprint density at radius 2 is 1.78 bits per heavy atom. The van der Waals surface area contributed by atoms with E-state index in [-0.39, 0.29) is 0 Å². The summed E-state index contributed by atoms with van der Waals surface area (Å²) < 4.78 is 0. The van der Waals surface area contributed by atoms with Crippen molar-refractivity contribution in [2.75, 3.05) is 18.0 Å². The molecule has 0 spiro atoms. The highest BCUT2D eigenvalue weighted by atomic mass is 35.5. The van der Waals surface area contributed by atoms with Gasteiger partial charge in [0, 0.05) is 23.5 Å². The number of anilines is 1. The van der Waals surface area contributed by atoms with Crippen LogP contribution < -0.4 is 4.90 Å². The average molecular weight is 400 g/mol. The van der Waals surface area contributed by atoms with Gasteiger partial charge in [-0.05, 0) is 54.3 Å². The van der Waals surface area contributed by atoms with Crippen LogP contribution in [0.1, 0.15) is 56.4 Å². The van der Waals surface area contributed by atoms with Crippen molar-refractivity contribution < 1.29 is 0 Å². The van der Waals surface area contributed by atoms with Gasteiger partial charge in [0.15, 0.2) is 0 Å². The molecule has 3 heterocycles. The summed E-state index contributed by atoms with van der Waals surface area (Å²) in [7, 11) is 0. The number of halogens is 1. The first-order valence-electron chi connectivity index (χ1n) is 9.92. The second-order valence-corrected chi connectivity index (χ2v) is 9.00. The first-order valence-corrected chi connectivity index (χ1v) is 11.1. The van der Waals surface area contributed by atoms with Crippen LogP contribution in [0.2, 0.25) is 5.28 Å². The molecule has 3 aromatic rings. The highest BCUT2D eigenvalue weighted by Gasteiger charge is 2.23. The molecule has 1 saturated heterocycles. The number of fused-ring (bicyclic) bond motifs is 1. The number of aryl methyl sites for hydroxylation is 1. The zero-order chi connectivity index (χ0) is 19.0. The predicted molar refractivity (Wildman–Crippen MR) is 117 cm³/mol. The largest absolute Gasteiger partial charge is 0.356 e. The van der Waals surface area contributed by atoms with Crippen molar-refractivity contribution >= 4 is 39.0 Å². The van der Waals surface area contributed by atoms with Gasteiger partial charge < -0.3 is 4.90 Å². The van der Waals surface area contributed by atoms with Crippen LogP contribution in [0.5, 0.6) is 0 Å². The number of thiophene rings is 1. The molecule has 0 N–H and O–H groups in total. The molecule has 1 aliphatic rings. The Kier molecular flexibility index (Phi) is 5.38. The number of piperidine rings is 1. The summed E-state index contributed by atoms with van der Waals surface area (Å²) in [6, 6.07) is 9.01. The quantitative estimate of drug-likeness (QED) is 0.457. The topological polar surface area (TPSA) is 29.0 Å². The predicted octanol–water partition coefficient (Wildman–Crippen LogP) is 6.69. The Bertz CT molecular complexity index is 940. The van der Waals surface area contributed by atoms with Crippen LogP contribution in [0.25, 0.3) is 21.3 Å². The van der Waals surface area contributed by atoms with Crippen molar-refractivity contribution in [1.29, 1.82) is 0 Å². The van der Waals surface area contributed by atoms with Crippen LogP contribution in [0.4, 0.5) is 5.82 Å². The lowest BCUT2D eigenvalue weighted by atomic mass is 9.97. The molecule has 0 radical (unpaired) electrons. The average Bonchev–Trinajstić information content (AvgIpc) is 3.06. The van der Waals surface area contributed by atoms with Crippen LogP contribution in [-0.2, 0) is 6.42 Å². The van der Waals surface area contributed by atoms with Crippen molar-refractivity contribution in [2.24, 2.45) is 0 Å². The second-order valence-electron chi connectivity index (χ2n) is 7.57. The molecule has 1 aliphatic heterocycles. The number of hydrogen-bond donors (Lipinski definition) is 0. The van der Waals surface area contributed by atoms with Crippen molar-refractivity contribution in [2.45, 2.75) is 52.4 Å². The molecule has 0 aliphatic carbocycles. The summed E-state index contributed by atoms with van der Waals surface area (Å²) in [5.74, 6) is 1.55. The van der Waals surface area contributed by atoms with Crippen LogP contribution in [0, 0.1) is 0 Å². The van der Waals surface area contributed by atoms with Gasteiger partial charge in [0.25, 0.3) is 0 Å². The van der Waals surface area contributed by atoms with Gasteiger partial charge in [-0.15, -0.1) is 11.3 Å². The summed E-state index contributed by atoms with van der Waals surface area (Å²) in [5.41, 5.74) is 3.92. The molecule has 4 rings (SSSR count). The van der Waals surface area contributed by atoms with E-state index in [0.29, 0.717) is 11.2 Å². The molecule has 2 aromatic heterocycles. The third kappa shape index (κ3) is 3.57. The van der Waals surface area contributed by atoms with Crippen LogP contribution in [-0.4, -0.2) is 23.1 Å². The molecule has 27 heavy (non-hydrogen) atoms. The first kappa shape index (κ1) is 18.7. The molecular formula is C22H26ClN3S. The lowest BCUT2D eigenvalue weighted by molar-refractivity contribution is 0.574. The second kappa shape index (κ2) is 7.76. The Hall–Kier alpha value is -1.65. The minimum atomic E-state index is 0.355. The van der Waals surface area contributed by atoms with E-state index in [2.05, 4.69) is 54.9 Å². The summed E-state index contributed by atoms with van der Waals surface area (Å²) in [4.78, 5) is 14.0. The molecule has 0 unspecified atom stereocenters. The van der Waals surface area contributed by atoms with E-state index < -0.39 is 0 Å². The summed E-state index contributed by atoms with van der Waals surface area (Å²) in [6.45, 7) is 8.77. The molecule has 142 valence electrons. The van der Waals surface area contributed by atoms with Gasteiger partial charge >= 0.3 is 0 Å². The van der Waals surface area contributed by atoms with Gasteiger partial charge in [0.1, 0.15) is 10.6 Å². The van der Waals surface area contributed by atoms with Crippen LogP contribution in [0.15, 0.2) is 24.3 Å². The first-order chi connectivity index (χ1) is 13.1. The zero-order valence-electron chi connectivity index (χ0n) is 16.3. The standard InChI is InChI=1S/C22H26ClN3S/c1-4-17-18(16-10-8-15(9-11-16)14(2)3)19-20(26-12-6-5-7-13-26)24-22(23)25-21(19)27-17/h8-11,14H,4-7,12-13H2,1-3H3. The Morgan fingerprint density at radius 1 is 1.07 bits per heavy atom. The van der Waals surface area contributed by atoms with Gasteiger partial charge in [-0.3, -0.25) is 0 Å². The lowest BCUT2D eigenvalue weighted by Gasteiger charge is -2.28.